The number of ether oxygens (including phenoxy) is 1. The molecule has 0 aliphatic rings. The number of carbonyl (C=O) groups excluding carboxylic acids is 1. The number of alkyl carbamates (subject to hydrolysis) is 1. The van der Waals surface area contributed by atoms with E-state index >= 15 is 0 Å². The first-order valence-electron chi connectivity index (χ1n) is 7.91. The summed E-state index contributed by atoms with van der Waals surface area (Å²) in [6.45, 7) is 5.57. The number of carbonyl (C=O) groups is 2. The Labute approximate surface area is 162 Å². The lowest BCUT2D eigenvalue weighted by Crippen LogP contribution is -2.34. The number of halogens is 2. The van der Waals surface area contributed by atoms with E-state index in [-0.39, 0.29) is 26.0 Å². The molecule has 0 fully saturated rings. The van der Waals surface area contributed by atoms with Crippen LogP contribution in [0.2, 0.25) is 10.0 Å². The van der Waals surface area contributed by atoms with Gasteiger partial charge in [-0.2, -0.15) is 0 Å². The number of aliphatic carboxylic acids is 1. The zero-order valence-corrected chi connectivity index (χ0v) is 16.4. The second-order valence-electron chi connectivity index (χ2n) is 6.32. The number of nitrogens with one attached hydrogen (secondary N) is 1. The Morgan fingerprint density at radius 2 is 1.88 bits per heavy atom. The fourth-order valence-corrected chi connectivity index (χ4v) is 2.08. The van der Waals surface area contributed by atoms with Crippen LogP contribution >= 0.6 is 23.2 Å². The summed E-state index contributed by atoms with van der Waals surface area (Å²) in [6.07, 6.45) is -0.508. The molecule has 0 saturated carbocycles. The number of oxime groups is 1. The molecule has 0 bridgehead atoms. The minimum atomic E-state index is -0.954. The Hall–Kier alpha value is -1.99. The highest BCUT2D eigenvalue weighted by Gasteiger charge is 2.15. The number of carboxylic acids is 1. The molecule has 0 atom stereocenters. The largest absolute Gasteiger partial charge is 0.481 e. The van der Waals surface area contributed by atoms with Crippen molar-refractivity contribution in [3.8, 4) is 0 Å². The van der Waals surface area contributed by atoms with Gasteiger partial charge in [-0.15, -0.1) is 0 Å². The van der Waals surface area contributed by atoms with E-state index in [2.05, 4.69) is 10.5 Å². The number of amides is 1. The fraction of sp³-hybridized carbons (Fsp3) is 0.471. The van der Waals surface area contributed by atoms with Gasteiger partial charge in [0, 0.05) is 12.0 Å². The smallest absolute Gasteiger partial charge is 0.407 e. The van der Waals surface area contributed by atoms with Gasteiger partial charge >= 0.3 is 12.1 Å². The molecule has 0 spiro atoms. The van der Waals surface area contributed by atoms with Crippen LogP contribution in [0.5, 0.6) is 0 Å². The highest BCUT2D eigenvalue weighted by molar-refractivity contribution is 6.42. The fourth-order valence-electron chi connectivity index (χ4n) is 1.78. The third-order valence-electron chi connectivity index (χ3n) is 2.86. The Bertz CT molecular complexity index is 672. The lowest BCUT2D eigenvalue weighted by Gasteiger charge is -2.19. The Morgan fingerprint density at radius 3 is 2.46 bits per heavy atom. The lowest BCUT2D eigenvalue weighted by molar-refractivity contribution is -0.136. The molecule has 0 saturated heterocycles. The number of rotatable bonds is 8. The first kappa shape index (κ1) is 22.1. The normalized spacial score (nSPS) is 11.8. The third-order valence-corrected chi connectivity index (χ3v) is 3.60. The van der Waals surface area contributed by atoms with Crippen LogP contribution in [0.15, 0.2) is 23.4 Å². The molecule has 7 nitrogen and oxygen atoms in total. The standard InChI is InChI=1S/C17H22Cl2N2O5/c1-17(2,3)26-16(24)20-8-9-25-21-14(6-7-15(22)23)11-4-5-12(18)13(19)10-11/h4-5,10H,6-9H2,1-3H3,(H,20,24)(H,22,23)/b21-14-. The summed E-state index contributed by atoms with van der Waals surface area (Å²) in [6, 6.07) is 4.86. The Kier molecular flexibility index (Phi) is 8.68. The number of hydrogen-bond donors (Lipinski definition) is 2. The maximum atomic E-state index is 11.5. The minimum absolute atomic E-state index is 0.0944. The first-order chi connectivity index (χ1) is 12.1. The van der Waals surface area contributed by atoms with E-state index < -0.39 is 17.7 Å². The highest BCUT2D eigenvalue weighted by Crippen LogP contribution is 2.23. The van der Waals surface area contributed by atoms with Crippen LogP contribution in [-0.4, -0.2) is 41.6 Å². The maximum absolute atomic E-state index is 11.5. The van der Waals surface area contributed by atoms with Crippen molar-refractivity contribution in [2.75, 3.05) is 13.2 Å². The molecule has 0 radical (unpaired) electrons. The van der Waals surface area contributed by atoms with Gasteiger partial charge in [-0.05, 0) is 32.9 Å². The SMILES string of the molecule is CC(C)(C)OC(=O)NCCO/N=C(/CCC(=O)O)c1ccc(Cl)c(Cl)c1. The summed E-state index contributed by atoms with van der Waals surface area (Å²) in [5.74, 6) is -0.954. The van der Waals surface area contributed by atoms with E-state index in [1.807, 2.05) is 0 Å². The van der Waals surface area contributed by atoms with Crippen LogP contribution in [0.1, 0.15) is 39.2 Å². The molecule has 26 heavy (non-hydrogen) atoms. The third kappa shape index (κ3) is 8.92. The van der Waals surface area contributed by atoms with Gasteiger partial charge in [-0.25, -0.2) is 4.79 Å². The van der Waals surface area contributed by atoms with Crippen molar-refractivity contribution < 1.29 is 24.3 Å². The number of carboxylic acid groups (broad SMARTS) is 1. The summed E-state index contributed by atoms with van der Waals surface area (Å²) < 4.78 is 5.09. The molecule has 2 N–H and O–H groups in total. The van der Waals surface area contributed by atoms with Crippen molar-refractivity contribution in [1.29, 1.82) is 0 Å². The predicted molar refractivity (Wildman–Crippen MR) is 100 cm³/mol. The average molecular weight is 405 g/mol. The molecular formula is C17H22Cl2N2O5. The monoisotopic (exact) mass is 404 g/mol. The van der Waals surface area contributed by atoms with Crippen LogP contribution in [0.4, 0.5) is 4.79 Å². The molecule has 9 heteroatoms. The predicted octanol–water partition coefficient (Wildman–Crippen LogP) is 4.10. The van der Waals surface area contributed by atoms with Gasteiger partial charge in [0.05, 0.1) is 28.7 Å². The second kappa shape index (κ2) is 10.2. The molecule has 1 aromatic rings. The van der Waals surface area contributed by atoms with Crippen LogP contribution in [-0.2, 0) is 14.4 Å². The van der Waals surface area contributed by atoms with Crippen LogP contribution in [0.3, 0.4) is 0 Å². The minimum Gasteiger partial charge on any atom is -0.481 e. The van der Waals surface area contributed by atoms with Crippen molar-refractivity contribution in [3.63, 3.8) is 0 Å². The van der Waals surface area contributed by atoms with Crippen LogP contribution in [0, 0.1) is 0 Å². The van der Waals surface area contributed by atoms with Crippen molar-refractivity contribution in [2.45, 2.75) is 39.2 Å². The molecular weight excluding hydrogens is 383 g/mol. The van der Waals surface area contributed by atoms with E-state index in [0.717, 1.165) is 0 Å². The van der Waals surface area contributed by atoms with Gasteiger partial charge in [0.2, 0.25) is 0 Å². The molecule has 144 valence electrons. The van der Waals surface area contributed by atoms with Crippen LogP contribution in [0.25, 0.3) is 0 Å². The van der Waals surface area contributed by atoms with Gasteiger partial charge in [0.25, 0.3) is 0 Å². The molecule has 1 amide bonds. The quantitative estimate of drug-likeness (QED) is 0.386. The first-order valence-corrected chi connectivity index (χ1v) is 8.67. The second-order valence-corrected chi connectivity index (χ2v) is 7.14. The summed E-state index contributed by atoms with van der Waals surface area (Å²) in [5, 5.41) is 16.1. The van der Waals surface area contributed by atoms with Crippen molar-refractivity contribution in [3.05, 3.63) is 33.8 Å². The lowest BCUT2D eigenvalue weighted by atomic mass is 10.1. The van der Waals surface area contributed by atoms with Crippen LogP contribution < -0.4 is 5.32 Å². The van der Waals surface area contributed by atoms with E-state index in [9.17, 15) is 9.59 Å². The summed E-state index contributed by atoms with van der Waals surface area (Å²) in [4.78, 5) is 27.5. The van der Waals surface area contributed by atoms with Gasteiger partial charge in [0.1, 0.15) is 12.2 Å². The van der Waals surface area contributed by atoms with E-state index in [1.165, 1.54) is 0 Å². The zero-order chi connectivity index (χ0) is 19.7. The number of nitrogens with zero attached hydrogens (tertiary/aromatic N) is 1. The summed E-state index contributed by atoms with van der Waals surface area (Å²) in [5.41, 5.74) is 0.449. The molecule has 0 aliphatic heterocycles. The van der Waals surface area contributed by atoms with E-state index in [1.54, 1.807) is 39.0 Å². The summed E-state index contributed by atoms with van der Waals surface area (Å²) >= 11 is 11.9. The molecule has 0 aliphatic carbocycles. The highest BCUT2D eigenvalue weighted by atomic mass is 35.5. The average Bonchev–Trinajstić information content (AvgIpc) is 2.51. The topological polar surface area (TPSA) is 97.2 Å². The molecule has 1 aromatic carbocycles. The summed E-state index contributed by atoms with van der Waals surface area (Å²) in [7, 11) is 0. The zero-order valence-electron chi connectivity index (χ0n) is 14.8. The molecule has 0 heterocycles. The molecule has 1 rings (SSSR count). The van der Waals surface area contributed by atoms with E-state index in [4.69, 9.17) is 37.9 Å². The molecule has 0 aromatic heterocycles. The van der Waals surface area contributed by atoms with Gasteiger partial charge in [-0.3, -0.25) is 4.79 Å². The Morgan fingerprint density at radius 1 is 1.19 bits per heavy atom. The van der Waals surface area contributed by atoms with Gasteiger partial charge in [-0.1, -0.05) is 34.4 Å². The van der Waals surface area contributed by atoms with Crippen molar-refractivity contribution in [1.82, 2.24) is 5.32 Å². The number of benzene rings is 1. The Balaban J connectivity index is 2.62. The van der Waals surface area contributed by atoms with E-state index in [0.29, 0.717) is 21.3 Å². The van der Waals surface area contributed by atoms with Crippen molar-refractivity contribution in [2.24, 2.45) is 5.16 Å². The van der Waals surface area contributed by atoms with Crippen molar-refractivity contribution >= 4 is 41.0 Å². The van der Waals surface area contributed by atoms with Gasteiger partial charge < -0.3 is 20.0 Å². The molecule has 0 unspecified atom stereocenters. The number of hydrogen-bond acceptors (Lipinski definition) is 5. The maximum Gasteiger partial charge on any atom is 0.407 e. The van der Waals surface area contributed by atoms with Gasteiger partial charge in [0.15, 0.2) is 0 Å².